The number of hydrogen-bond donors (Lipinski definition) is 1. The second-order valence-corrected chi connectivity index (χ2v) is 5.86. The third-order valence-electron chi connectivity index (χ3n) is 3.44. The first kappa shape index (κ1) is 12.0. The van der Waals surface area contributed by atoms with Crippen molar-refractivity contribution in [1.82, 2.24) is 5.32 Å². The van der Waals surface area contributed by atoms with Gasteiger partial charge in [0, 0.05) is 16.2 Å². The molecule has 2 rings (SSSR count). The minimum atomic E-state index is 0.550. The molecule has 1 aliphatic heterocycles. The van der Waals surface area contributed by atoms with Gasteiger partial charge in [-0.2, -0.15) is 0 Å². The van der Waals surface area contributed by atoms with Crippen LogP contribution in [0.25, 0.3) is 0 Å². The average molecular weight is 235 g/mol. The Hall–Kier alpha value is -0.470. The van der Waals surface area contributed by atoms with Gasteiger partial charge < -0.3 is 5.32 Å². The highest BCUT2D eigenvalue weighted by Crippen LogP contribution is 2.46. The van der Waals surface area contributed by atoms with Gasteiger partial charge >= 0.3 is 0 Å². The van der Waals surface area contributed by atoms with Gasteiger partial charge in [-0.15, -0.1) is 11.8 Å². The zero-order valence-electron chi connectivity index (χ0n) is 10.6. The normalized spacial score (nSPS) is 23.5. The summed E-state index contributed by atoms with van der Waals surface area (Å²) in [7, 11) is 0. The van der Waals surface area contributed by atoms with E-state index in [0.29, 0.717) is 11.3 Å². The van der Waals surface area contributed by atoms with Crippen LogP contribution in [-0.4, -0.2) is 11.8 Å². The van der Waals surface area contributed by atoms with E-state index >= 15 is 0 Å². The standard InChI is InChI=1S/C14H21NS/c1-5-12-14(15-6-2)11-7-9(3)10(4)8-13(11)16-12/h7-8,12,14-15H,5-6H2,1-4H3. The smallest absolute Gasteiger partial charge is 0.0455 e. The van der Waals surface area contributed by atoms with E-state index in [1.165, 1.54) is 28.0 Å². The Labute approximate surface area is 103 Å². The highest BCUT2D eigenvalue weighted by Gasteiger charge is 2.31. The van der Waals surface area contributed by atoms with Crippen molar-refractivity contribution in [2.75, 3.05) is 6.54 Å². The largest absolute Gasteiger partial charge is 0.309 e. The maximum absolute atomic E-state index is 3.63. The zero-order valence-corrected chi connectivity index (χ0v) is 11.4. The van der Waals surface area contributed by atoms with Crippen LogP contribution >= 0.6 is 11.8 Å². The highest BCUT2D eigenvalue weighted by atomic mass is 32.2. The Morgan fingerprint density at radius 1 is 1.19 bits per heavy atom. The van der Waals surface area contributed by atoms with E-state index in [4.69, 9.17) is 0 Å². The van der Waals surface area contributed by atoms with Crippen LogP contribution in [-0.2, 0) is 0 Å². The molecule has 0 saturated heterocycles. The number of aryl methyl sites for hydroxylation is 2. The highest BCUT2D eigenvalue weighted by molar-refractivity contribution is 8.00. The lowest BCUT2D eigenvalue weighted by atomic mass is 9.98. The van der Waals surface area contributed by atoms with Crippen molar-refractivity contribution in [1.29, 1.82) is 0 Å². The number of thioether (sulfide) groups is 1. The zero-order chi connectivity index (χ0) is 11.7. The van der Waals surface area contributed by atoms with E-state index in [1.54, 1.807) is 0 Å². The lowest BCUT2D eigenvalue weighted by Gasteiger charge is -2.19. The van der Waals surface area contributed by atoms with Gasteiger partial charge in [-0.3, -0.25) is 0 Å². The molecule has 2 unspecified atom stereocenters. The molecule has 1 nitrogen and oxygen atoms in total. The van der Waals surface area contributed by atoms with Crippen molar-refractivity contribution < 1.29 is 0 Å². The van der Waals surface area contributed by atoms with Crippen molar-refractivity contribution in [3.05, 3.63) is 28.8 Å². The number of hydrogen-bond acceptors (Lipinski definition) is 2. The van der Waals surface area contributed by atoms with Gasteiger partial charge in [0.05, 0.1) is 0 Å². The first-order valence-electron chi connectivity index (χ1n) is 6.18. The van der Waals surface area contributed by atoms with Gasteiger partial charge in [0.1, 0.15) is 0 Å². The summed E-state index contributed by atoms with van der Waals surface area (Å²) in [6, 6.07) is 5.28. The predicted octanol–water partition coefficient (Wildman–Crippen LogP) is 3.84. The van der Waals surface area contributed by atoms with Gasteiger partial charge in [0.25, 0.3) is 0 Å². The monoisotopic (exact) mass is 235 g/mol. The summed E-state index contributed by atoms with van der Waals surface area (Å²) in [5, 5.41) is 4.33. The summed E-state index contributed by atoms with van der Waals surface area (Å²) in [5.74, 6) is 0. The minimum absolute atomic E-state index is 0.550. The summed E-state index contributed by atoms with van der Waals surface area (Å²) in [4.78, 5) is 1.49. The molecular weight excluding hydrogens is 214 g/mol. The van der Waals surface area contributed by atoms with Crippen LogP contribution in [0.5, 0.6) is 0 Å². The molecule has 1 N–H and O–H groups in total. The average Bonchev–Trinajstić information content (AvgIpc) is 2.58. The molecule has 2 heteroatoms. The molecule has 0 saturated carbocycles. The maximum Gasteiger partial charge on any atom is 0.0455 e. The van der Waals surface area contributed by atoms with Crippen molar-refractivity contribution in [2.24, 2.45) is 0 Å². The Balaban J connectivity index is 2.38. The van der Waals surface area contributed by atoms with Gasteiger partial charge in [-0.25, -0.2) is 0 Å². The topological polar surface area (TPSA) is 12.0 Å². The van der Waals surface area contributed by atoms with E-state index in [0.717, 1.165) is 6.54 Å². The summed E-state index contributed by atoms with van der Waals surface area (Å²) >= 11 is 2.04. The SMILES string of the molecule is CCNC1c2cc(C)c(C)cc2SC1CC. The Morgan fingerprint density at radius 3 is 2.50 bits per heavy atom. The lowest BCUT2D eigenvalue weighted by Crippen LogP contribution is -2.26. The molecule has 0 aliphatic carbocycles. The Morgan fingerprint density at radius 2 is 1.88 bits per heavy atom. The predicted molar refractivity (Wildman–Crippen MR) is 72.3 cm³/mol. The molecule has 0 bridgehead atoms. The fraction of sp³-hybridized carbons (Fsp3) is 0.571. The van der Waals surface area contributed by atoms with Gasteiger partial charge in [0.15, 0.2) is 0 Å². The fourth-order valence-corrected chi connectivity index (χ4v) is 3.81. The van der Waals surface area contributed by atoms with E-state index < -0.39 is 0 Å². The third kappa shape index (κ3) is 2.01. The van der Waals surface area contributed by atoms with Crippen LogP contribution in [0.15, 0.2) is 17.0 Å². The van der Waals surface area contributed by atoms with E-state index in [1.807, 2.05) is 11.8 Å². The van der Waals surface area contributed by atoms with Crippen LogP contribution in [0, 0.1) is 13.8 Å². The van der Waals surface area contributed by atoms with Crippen LogP contribution in [0.1, 0.15) is 43.0 Å². The molecule has 2 atom stereocenters. The number of nitrogens with one attached hydrogen (secondary N) is 1. The van der Waals surface area contributed by atoms with Crippen molar-refractivity contribution in [3.63, 3.8) is 0 Å². The molecule has 1 heterocycles. The van der Waals surface area contributed by atoms with Gasteiger partial charge in [0.2, 0.25) is 0 Å². The first-order valence-corrected chi connectivity index (χ1v) is 7.06. The Bertz CT molecular complexity index is 387. The fourth-order valence-electron chi connectivity index (χ4n) is 2.37. The number of benzene rings is 1. The molecule has 88 valence electrons. The molecule has 1 aromatic rings. The van der Waals surface area contributed by atoms with Crippen LogP contribution in [0.2, 0.25) is 0 Å². The second-order valence-electron chi connectivity index (χ2n) is 4.57. The summed E-state index contributed by atoms with van der Waals surface area (Å²) in [6.07, 6.45) is 1.23. The van der Waals surface area contributed by atoms with Gasteiger partial charge in [-0.05, 0) is 49.6 Å². The Kier molecular flexibility index (Phi) is 3.60. The van der Waals surface area contributed by atoms with Crippen molar-refractivity contribution in [2.45, 2.75) is 50.3 Å². The van der Waals surface area contributed by atoms with E-state index in [9.17, 15) is 0 Å². The summed E-state index contributed by atoms with van der Waals surface area (Å²) in [6.45, 7) is 9.94. The summed E-state index contributed by atoms with van der Waals surface area (Å²) in [5.41, 5.74) is 4.35. The first-order chi connectivity index (χ1) is 7.67. The third-order valence-corrected chi connectivity index (χ3v) is 4.95. The van der Waals surface area contributed by atoms with Crippen molar-refractivity contribution >= 4 is 11.8 Å². The second kappa shape index (κ2) is 4.80. The molecule has 0 amide bonds. The number of fused-ring (bicyclic) bond motifs is 1. The molecule has 1 aromatic carbocycles. The van der Waals surface area contributed by atoms with E-state index in [-0.39, 0.29) is 0 Å². The molecule has 0 radical (unpaired) electrons. The maximum atomic E-state index is 3.63. The van der Waals surface area contributed by atoms with Crippen LogP contribution in [0.3, 0.4) is 0 Å². The summed E-state index contributed by atoms with van der Waals surface area (Å²) < 4.78 is 0. The van der Waals surface area contributed by atoms with Crippen LogP contribution in [0.4, 0.5) is 0 Å². The quantitative estimate of drug-likeness (QED) is 0.854. The lowest BCUT2D eigenvalue weighted by molar-refractivity contribution is 0.527. The minimum Gasteiger partial charge on any atom is -0.309 e. The van der Waals surface area contributed by atoms with Gasteiger partial charge in [-0.1, -0.05) is 19.9 Å². The van der Waals surface area contributed by atoms with E-state index in [2.05, 4.69) is 45.1 Å². The molecular formula is C14H21NS. The molecule has 0 spiro atoms. The molecule has 16 heavy (non-hydrogen) atoms. The molecule has 0 fully saturated rings. The number of rotatable bonds is 3. The van der Waals surface area contributed by atoms with Crippen molar-refractivity contribution in [3.8, 4) is 0 Å². The molecule has 0 aromatic heterocycles. The van der Waals surface area contributed by atoms with Crippen LogP contribution < -0.4 is 5.32 Å². The molecule has 1 aliphatic rings.